The van der Waals surface area contributed by atoms with Gasteiger partial charge in [-0.3, -0.25) is 0 Å². The van der Waals surface area contributed by atoms with Crippen molar-refractivity contribution in [2.75, 3.05) is 26.2 Å². The van der Waals surface area contributed by atoms with E-state index in [1.165, 1.54) is 5.57 Å². The number of aliphatic hydroxyl groups is 1. The smallest absolute Gasteiger partial charge is 0.317 e. The monoisotopic (exact) mass is 240 g/mol. The topological polar surface area (TPSA) is 52.6 Å². The van der Waals surface area contributed by atoms with Crippen molar-refractivity contribution in [1.82, 2.24) is 10.2 Å². The summed E-state index contributed by atoms with van der Waals surface area (Å²) in [7, 11) is 0. The molecule has 1 fully saturated rings. The molecule has 1 heterocycles. The highest BCUT2D eigenvalue weighted by Gasteiger charge is 2.21. The van der Waals surface area contributed by atoms with Crippen LogP contribution in [0, 0.1) is 5.92 Å². The Balaban J connectivity index is 2.18. The zero-order valence-corrected chi connectivity index (χ0v) is 10.9. The number of likely N-dealkylation sites (tertiary alicyclic amines) is 1. The van der Waals surface area contributed by atoms with E-state index in [1.807, 2.05) is 4.90 Å². The van der Waals surface area contributed by atoms with Gasteiger partial charge in [-0.2, -0.15) is 0 Å². The number of urea groups is 1. The van der Waals surface area contributed by atoms with Gasteiger partial charge in [0.25, 0.3) is 0 Å². The van der Waals surface area contributed by atoms with E-state index in [2.05, 4.69) is 25.2 Å². The Morgan fingerprint density at radius 3 is 2.59 bits per heavy atom. The summed E-state index contributed by atoms with van der Waals surface area (Å²) in [4.78, 5) is 13.6. The van der Waals surface area contributed by atoms with Crippen molar-refractivity contribution in [3.05, 3.63) is 11.6 Å². The van der Waals surface area contributed by atoms with Gasteiger partial charge < -0.3 is 15.3 Å². The molecule has 1 saturated heterocycles. The van der Waals surface area contributed by atoms with Crippen LogP contribution in [0.2, 0.25) is 0 Å². The summed E-state index contributed by atoms with van der Waals surface area (Å²) in [5, 5.41) is 11.9. The highest BCUT2D eigenvalue weighted by atomic mass is 16.3. The van der Waals surface area contributed by atoms with E-state index < -0.39 is 0 Å². The normalized spacial score (nSPS) is 16.8. The van der Waals surface area contributed by atoms with Gasteiger partial charge in [-0.1, -0.05) is 11.6 Å². The molecular weight excluding hydrogens is 216 g/mol. The number of hydrogen-bond donors (Lipinski definition) is 2. The van der Waals surface area contributed by atoms with Gasteiger partial charge in [-0.25, -0.2) is 4.79 Å². The van der Waals surface area contributed by atoms with Crippen LogP contribution in [-0.4, -0.2) is 42.3 Å². The lowest BCUT2D eigenvalue weighted by molar-refractivity contribution is 0.137. The Hall–Kier alpha value is -1.03. The predicted octanol–water partition coefficient (Wildman–Crippen LogP) is 1.76. The predicted molar refractivity (Wildman–Crippen MR) is 68.8 cm³/mol. The van der Waals surface area contributed by atoms with E-state index in [9.17, 15) is 4.79 Å². The van der Waals surface area contributed by atoms with Crippen LogP contribution in [0.25, 0.3) is 0 Å². The summed E-state index contributed by atoms with van der Waals surface area (Å²) < 4.78 is 0. The minimum Gasteiger partial charge on any atom is -0.396 e. The fourth-order valence-electron chi connectivity index (χ4n) is 1.97. The first kappa shape index (κ1) is 14.0. The van der Waals surface area contributed by atoms with E-state index in [0.29, 0.717) is 12.5 Å². The lowest BCUT2D eigenvalue weighted by Gasteiger charge is -2.31. The molecule has 0 aromatic rings. The molecule has 2 N–H and O–H groups in total. The van der Waals surface area contributed by atoms with Crippen molar-refractivity contribution in [2.24, 2.45) is 5.92 Å². The second-order valence-electron chi connectivity index (χ2n) is 4.92. The minimum absolute atomic E-state index is 0.0311. The number of allylic oxidation sites excluding steroid dienone is 1. The molecule has 1 rings (SSSR count). The van der Waals surface area contributed by atoms with Crippen LogP contribution in [0.4, 0.5) is 4.79 Å². The first-order valence-corrected chi connectivity index (χ1v) is 6.40. The number of hydrogen-bond acceptors (Lipinski definition) is 2. The third-order valence-electron chi connectivity index (χ3n) is 3.13. The lowest BCUT2D eigenvalue weighted by Crippen LogP contribution is -2.45. The van der Waals surface area contributed by atoms with Crippen LogP contribution in [0.5, 0.6) is 0 Å². The molecule has 0 spiro atoms. The fraction of sp³-hybridized carbons (Fsp3) is 0.769. The first-order chi connectivity index (χ1) is 8.13. The maximum absolute atomic E-state index is 11.8. The molecule has 0 radical (unpaired) electrons. The van der Waals surface area contributed by atoms with Crippen LogP contribution < -0.4 is 5.32 Å². The second kappa shape index (κ2) is 7.33. The Kier molecular flexibility index (Phi) is 6.05. The second-order valence-corrected chi connectivity index (χ2v) is 4.92. The summed E-state index contributed by atoms with van der Waals surface area (Å²) in [6, 6.07) is 0.0311. The Morgan fingerprint density at radius 2 is 2.06 bits per heavy atom. The number of nitrogens with zero attached hydrogens (tertiary/aromatic N) is 1. The van der Waals surface area contributed by atoms with Gasteiger partial charge in [0.1, 0.15) is 0 Å². The van der Waals surface area contributed by atoms with E-state index in [4.69, 9.17) is 5.11 Å². The van der Waals surface area contributed by atoms with Gasteiger partial charge in [0, 0.05) is 26.2 Å². The van der Waals surface area contributed by atoms with Gasteiger partial charge in [0.15, 0.2) is 0 Å². The SMILES string of the molecule is CC(C)=CCCNC(=O)N1CCC(CO)CC1. The summed E-state index contributed by atoms with van der Waals surface area (Å²) >= 11 is 0. The van der Waals surface area contributed by atoms with Gasteiger partial charge in [-0.05, 0) is 39.0 Å². The highest BCUT2D eigenvalue weighted by Crippen LogP contribution is 2.16. The molecule has 0 aliphatic carbocycles. The average Bonchev–Trinajstić information content (AvgIpc) is 2.34. The zero-order chi connectivity index (χ0) is 12.7. The van der Waals surface area contributed by atoms with Crippen LogP contribution in [0.3, 0.4) is 0 Å². The van der Waals surface area contributed by atoms with Crippen molar-refractivity contribution in [3.63, 3.8) is 0 Å². The quantitative estimate of drug-likeness (QED) is 0.581. The van der Waals surface area contributed by atoms with Crippen LogP contribution in [0.15, 0.2) is 11.6 Å². The molecule has 0 atom stereocenters. The molecule has 0 bridgehead atoms. The first-order valence-electron chi connectivity index (χ1n) is 6.40. The molecule has 4 nitrogen and oxygen atoms in total. The maximum atomic E-state index is 11.8. The van der Waals surface area contributed by atoms with E-state index in [-0.39, 0.29) is 12.6 Å². The molecule has 0 aromatic heterocycles. The van der Waals surface area contributed by atoms with E-state index >= 15 is 0 Å². The lowest BCUT2D eigenvalue weighted by atomic mass is 9.98. The van der Waals surface area contributed by atoms with Gasteiger partial charge in [0.2, 0.25) is 0 Å². The average molecular weight is 240 g/mol. The molecule has 1 aliphatic heterocycles. The van der Waals surface area contributed by atoms with Gasteiger partial charge in [-0.15, -0.1) is 0 Å². The molecule has 0 saturated carbocycles. The van der Waals surface area contributed by atoms with Crippen molar-refractivity contribution in [1.29, 1.82) is 0 Å². The number of aliphatic hydroxyl groups excluding tert-OH is 1. The fourth-order valence-corrected chi connectivity index (χ4v) is 1.97. The summed E-state index contributed by atoms with van der Waals surface area (Å²) in [5.41, 5.74) is 1.28. The van der Waals surface area contributed by atoms with Crippen molar-refractivity contribution < 1.29 is 9.90 Å². The summed E-state index contributed by atoms with van der Waals surface area (Å²) in [6.45, 7) is 6.59. The van der Waals surface area contributed by atoms with E-state index in [1.54, 1.807) is 0 Å². The largest absolute Gasteiger partial charge is 0.396 e. The Labute approximate surface area is 104 Å². The number of nitrogens with one attached hydrogen (secondary N) is 1. The molecular formula is C13H24N2O2. The summed E-state index contributed by atoms with van der Waals surface area (Å²) in [6.07, 6.45) is 4.84. The molecule has 2 amide bonds. The summed E-state index contributed by atoms with van der Waals surface area (Å²) in [5.74, 6) is 0.379. The number of piperidine rings is 1. The number of rotatable bonds is 4. The molecule has 0 unspecified atom stereocenters. The third kappa shape index (κ3) is 5.22. The minimum atomic E-state index is 0.0311. The molecule has 98 valence electrons. The molecule has 0 aromatic carbocycles. The van der Waals surface area contributed by atoms with Crippen LogP contribution in [0.1, 0.15) is 33.1 Å². The molecule has 17 heavy (non-hydrogen) atoms. The van der Waals surface area contributed by atoms with Gasteiger partial charge in [0.05, 0.1) is 0 Å². The van der Waals surface area contributed by atoms with Gasteiger partial charge >= 0.3 is 6.03 Å². The van der Waals surface area contributed by atoms with E-state index in [0.717, 1.165) is 32.4 Å². The Bertz CT molecular complexity index is 265. The Morgan fingerprint density at radius 1 is 1.41 bits per heavy atom. The third-order valence-corrected chi connectivity index (χ3v) is 3.13. The molecule has 1 aliphatic rings. The van der Waals surface area contributed by atoms with Crippen LogP contribution >= 0.6 is 0 Å². The number of carbonyl (C=O) groups excluding carboxylic acids is 1. The highest BCUT2D eigenvalue weighted by molar-refractivity contribution is 5.74. The number of amides is 2. The standard InChI is InChI=1S/C13H24N2O2/c1-11(2)4-3-7-14-13(17)15-8-5-12(10-16)6-9-15/h4,12,16H,3,5-10H2,1-2H3,(H,14,17). The van der Waals surface area contributed by atoms with Crippen molar-refractivity contribution in [3.8, 4) is 0 Å². The zero-order valence-electron chi connectivity index (χ0n) is 10.9. The molecule has 4 heteroatoms. The van der Waals surface area contributed by atoms with Crippen LogP contribution in [-0.2, 0) is 0 Å². The van der Waals surface area contributed by atoms with Crippen molar-refractivity contribution >= 4 is 6.03 Å². The number of carbonyl (C=O) groups is 1. The van der Waals surface area contributed by atoms with Crippen molar-refractivity contribution in [2.45, 2.75) is 33.1 Å². The maximum Gasteiger partial charge on any atom is 0.317 e.